The lowest BCUT2D eigenvalue weighted by Gasteiger charge is -2.16. The molecular weight excluding hydrogens is 242 g/mol. The number of nitrogens with two attached hydrogens (primary N) is 1. The molecule has 1 aromatic heterocycles. The van der Waals surface area contributed by atoms with Crippen molar-refractivity contribution < 1.29 is 4.79 Å². The molecule has 1 heterocycles. The van der Waals surface area contributed by atoms with E-state index in [1.54, 1.807) is 31.3 Å². The summed E-state index contributed by atoms with van der Waals surface area (Å²) in [5.74, 6) is -0.0618. The molecule has 2 rings (SSSR count). The van der Waals surface area contributed by atoms with Crippen molar-refractivity contribution in [3.63, 3.8) is 0 Å². The molecular formula is C13H11N5O. The van der Waals surface area contributed by atoms with E-state index >= 15 is 0 Å². The number of anilines is 2. The monoisotopic (exact) mass is 253 g/mol. The lowest BCUT2D eigenvalue weighted by Crippen LogP contribution is -2.27. The topological polar surface area (TPSA) is 95.9 Å². The van der Waals surface area contributed by atoms with Gasteiger partial charge in [-0.25, -0.2) is 9.97 Å². The standard InChI is InChI=1S/C13H11N5O/c1-18(10-4-2-3-9(5-10)6-14)13(19)11-7-17-12(15)8-16-11/h2-5,7-8H,1H3,(H2,15,17). The third kappa shape index (κ3) is 2.66. The first-order valence-corrected chi connectivity index (χ1v) is 5.47. The minimum atomic E-state index is -0.317. The second-order valence-electron chi connectivity index (χ2n) is 3.85. The highest BCUT2D eigenvalue weighted by atomic mass is 16.2. The molecule has 0 saturated carbocycles. The third-order valence-corrected chi connectivity index (χ3v) is 2.56. The Morgan fingerprint density at radius 3 is 2.79 bits per heavy atom. The van der Waals surface area contributed by atoms with Crippen LogP contribution in [-0.4, -0.2) is 22.9 Å². The summed E-state index contributed by atoms with van der Waals surface area (Å²) in [4.78, 5) is 21.3. The maximum atomic E-state index is 12.2. The first-order chi connectivity index (χ1) is 9.11. The van der Waals surface area contributed by atoms with Crippen LogP contribution in [0.5, 0.6) is 0 Å². The van der Waals surface area contributed by atoms with Crippen molar-refractivity contribution in [3.8, 4) is 6.07 Å². The van der Waals surface area contributed by atoms with Crippen LogP contribution in [0.25, 0.3) is 0 Å². The summed E-state index contributed by atoms with van der Waals surface area (Å²) in [5.41, 5.74) is 6.71. The molecule has 0 bridgehead atoms. The van der Waals surface area contributed by atoms with Gasteiger partial charge in [-0.2, -0.15) is 5.26 Å². The van der Waals surface area contributed by atoms with Gasteiger partial charge in [-0.05, 0) is 18.2 Å². The van der Waals surface area contributed by atoms with Crippen LogP contribution >= 0.6 is 0 Å². The molecule has 0 aliphatic heterocycles. The van der Waals surface area contributed by atoms with Gasteiger partial charge >= 0.3 is 0 Å². The van der Waals surface area contributed by atoms with Crippen molar-refractivity contribution in [2.24, 2.45) is 0 Å². The summed E-state index contributed by atoms with van der Waals surface area (Å²) in [6.07, 6.45) is 2.65. The summed E-state index contributed by atoms with van der Waals surface area (Å²) in [7, 11) is 1.61. The Morgan fingerprint density at radius 2 is 2.16 bits per heavy atom. The van der Waals surface area contributed by atoms with Gasteiger partial charge in [-0.1, -0.05) is 6.07 Å². The van der Waals surface area contributed by atoms with Gasteiger partial charge in [-0.15, -0.1) is 0 Å². The number of nitrogen functional groups attached to an aromatic ring is 1. The number of carbonyl (C=O) groups excluding carboxylic acids is 1. The van der Waals surface area contributed by atoms with Crippen LogP contribution in [0, 0.1) is 11.3 Å². The van der Waals surface area contributed by atoms with E-state index in [1.807, 2.05) is 6.07 Å². The lowest BCUT2D eigenvalue weighted by molar-refractivity contribution is 0.0988. The molecule has 0 radical (unpaired) electrons. The maximum absolute atomic E-state index is 12.2. The highest BCUT2D eigenvalue weighted by molar-refractivity contribution is 6.04. The van der Waals surface area contributed by atoms with Gasteiger partial charge in [0.25, 0.3) is 5.91 Å². The van der Waals surface area contributed by atoms with Crippen LogP contribution in [0.4, 0.5) is 11.5 Å². The summed E-state index contributed by atoms with van der Waals surface area (Å²) in [6, 6.07) is 8.78. The van der Waals surface area contributed by atoms with Gasteiger partial charge in [0.05, 0.1) is 24.0 Å². The van der Waals surface area contributed by atoms with Gasteiger partial charge in [0.2, 0.25) is 0 Å². The predicted molar refractivity (Wildman–Crippen MR) is 70.3 cm³/mol. The minimum Gasteiger partial charge on any atom is -0.382 e. The summed E-state index contributed by atoms with van der Waals surface area (Å²) >= 11 is 0. The zero-order valence-electron chi connectivity index (χ0n) is 10.2. The van der Waals surface area contributed by atoms with Gasteiger partial charge < -0.3 is 10.6 Å². The molecule has 19 heavy (non-hydrogen) atoms. The van der Waals surface area contributed by atoms with E-state index in [0.29, 0.717) is 11.3 Å². The number of carbonyl (C=O) groups is 1. The van der Waals surface area contributed by atoms with Crippen LogP contribution in [0.15, 0.2) is 36.7 Å². The Kier molecular flexibility index (Phi) is 3.39. The Hall–Kier alpha value is -2.94. The number of rotatable bonds is 2. The largest absolute Gasteiger partial charge is 0.382 e. The molecule has 0 saturated heterocycles. The fraction of sp³-hybridized carbons (Fsp3) is 0.0769. The number of hydrogen-bond donors (Lipinski definition) is 1. The molecule has 2 aromatic rings. The Bertz CT molecular complexity index is 645. The van der Waals surface area contributed by atoms with E-state index in [-0.39, 0.29) is 17.4 Å². The average Bonchev–Trinajstić information content (AvgIpc) is 2.46. The number of nitriles is 1. The number of amides is 1. The van der Waals surface area contributed by atoms with Crippen molar-refractivity contribution in [1.82, 2.24) is 9.97 Å². The molecule has 6 nitrogen and oxygen atoms in total. The number of benzene rings is 1. The van der Waals surface area contributed by atoms with Crippen molar-refractivity contribution in [3.05, 3.63) is 47.9 Å². The smallest absolute Gasteiger partial charge is 0.278 e. The number of aromatic nitrogens is 2. The van der Waals surface area contributed by atoms with Crippen molar-refractivity contribution in [1.29, 1.82) is 5.26 Å². The lowest BCUT2D eigenvalue weighted by atomic mass is 10.2. The van der Waals surface area contributed by atoms with Crippen molar-refractivity contribution >= 4 is 17.4 Å². The second kappa shape index (κ2) is 5.14. The van der Waals surface area contributed by atoms with Crippen LogP contribution in [0.1, 0.15) is 16.1 Å². The zero-order chi connectivity index (χ0) is 13.8. The van der Waals surface area contributed by atoms with Crippen LogP contribution in [-0.2, 0) is 0 Å². The van der Waals surface area contributed by atoms with Gasteiger partial charge in [0, 0.05) is 12.7 Å². The Morgan fingerprint density at radius 1 is 1.37 bits per heavy atom. The minimum absolute atomic E-state index is 0.194. The van der Waals surface area contributed by atoms with Gasteiger partial charge in [0.1, 0.15) is 11.5 Å². The van der Waals surface area contributed by atoms with E-state index in [1.165, 1.54) is 17.3 Å². The van der Waals surface area contributed by atoms with Crippen molar-refractivity contribution in [2.45, 2.75) is 0 Å². The first-order valence-electron chi connectivity index (χ1n) is 5.47. The normalized spacial score (nSPS) is 9.68. The van der Waals surface area contributed by atoms with E-state index in [2.05, 4.69) is 9.97 Å². The van der Waals surface area contributed by atoms with E-state index < -0.39 is 0 Å². The molecule has 2 N–H and O–H groups in total. The van der Waals surface area contributed by atoms with Crippen LogP contribution in [0.2, 0.25) is 0 Å². The molecule has 0 spiro atoms. The molecule has 0 unspecified atom stereocenters. The van der Waals surface area contributed by atoms with E-state index in [0.717, 1.165) is 0 Å². The molecule has 1 amide bonds. The molecule has 0 aliphatic carbocycles. The highest BCUT2D eigenvalue weighted by Crippen LogP contribution is 2.16. The summed E-state index contributed by atoms with van der Waals surface area (Å²) in [6.45, 7) is 0. The van der Waals surface area contributed by atoms with Crippen LogP contribution < -0.4 is 10.6 Å². The fourth-order valence-corrected chi connectivity index (χ4v) is 1.52. The predicted octanol–water partition coefficient (Wildman–Crippen LogP) is 1.21. The average molecular weight is 253 g/mol. The number of nitrogens with zero attached hydrogens (tertiary/aromatic N) is 4. The maximum Gasteiger partial charge on any atom is 0.278 e. The fourth-order valence-electron chi connectivity index (χ4n) is 1.52. The third-order valence-electron chi connectivity index (χ3n) is 2.56. The highest BCUT2D eigenvalue weighted by Gasteiger charge is 2.15. The quantitative estimate of drug-likeness (QED) is 0.867. The number of hydrogen-bond acceptors (Lipinski definition) is 5. The summed E-state index contributed by atoms with van der Waals surface area (Å²) < 4.78 is 0. The molecule has 0 fully saturated rings. The summed E-state index contributed by atoms with van der Waals surface area (Å²) in [5, 5.41) is 8.84. The SMILES string of the molecule is CN(C(=O)c1cnc(N)cn1)c1cccc(C#N)c1. The Labute approximate surface area is 110 Å². The van der Waals surface area contributed by atoms with Gasteiger partial charge in [-0.3, -0.25) is 4.79 Å². The second-order valence-corrected chi connectivity index (χ2v) is 3.85. The Balaban J connectivity index is 2.28. The van der Waals surface area contributed by atoms with Crippen LogP contribution in [0.3, 0.4) is 0 Å². The zero-order valence-corrected chi connectivity index (χ0v) is 10.2. The molecule has 1 aromatic carbocycles. The van der Waals surface area contributed by atoms with Crippen molar-refractivity contribution in [2.75, 3.05) is 17.7 Å². The first kappa shape index (κ1) is 12.5. The van der Waals surface area contributed by atoms with E-state index in [9.17, 15) is 4.79 Å². The molecule has 0 aliphatic rings. The molecule has 6 heteroatoms. The molecule has 0 atom stereocenters. The van der Waals surface area contributed by atoms with Gasteiger partial charge in [0.15, 0.2) is 0 Å². The molecule has 94 valence electrons. The van der Waals surface area contributed by atoms with E-state index in [4.69, 9.17) is 11.0 Å².